The first-order chi connectivity index (χ1) is 10.4. The zero-order valence-electron chi connectivity index (χ0n) is 15.2. The lowest BCUT2D eigenvalue weighted by molar-refractivity contribution is 0.109. The monoisotopic (exact) mass is 345 g/mol. The van der Waals surface area contributed by atoms with Gasteiger partial charge in [0.15, 0.2) is 0 Å². The van der Waals surface area contributed by atoms with Gasteiger partial charge in [0, 0.05) is 18.0 Å². The van der Waals surface area contributed by atoms with E-state index in [4.69, 9.17) is 14.1 Å². The van der Waals surface area contributed by atoms with Crippen molar-refractivity contribution in [1.82, 2.24) is 0 Å². The predicted molar refractivity (Wildman–Crippen MR) is 99.3 cm³/mol. The van der Waals surface area contributed by atoms with Gasteiger partial charge in [-0.25, -0.2) is 0 Å². The van der Waals surface area contributed by atoms with Crippen LogP contribution in [-0.4, -0.2) is 26.5 Å². The minimum atomic E-state index is -2.00. The number of thioether (sulfide) groups is 1. The Morgan fingerprint density at radius 1 is 0.864 bits per heavy atom. The van der Waals surface area contributed by atoms with Crippen molar-refractivity contribution in [3.8, 4) is 5.40 Å². The van der Waals surface area contributed by atoms with Crippen molar-refractivity contribution < 1.29 is 8.85 Å². The third-order valence-electron chi connectivity index (χ3n) is 3.41. The lowest BCUT2D eigenvalue weighted by atomic mass is 10.1. The summed E-state index contributed by atoms with van der Waals surface area (Å²) in [7, 11) is -2.00. The molecule has 0 atom stereocenters. The normalized spacial score (nSPS) is 12.1. The Labute approximate surface area is 143 Å². The van der Waals surface area contributed by atoms with E-state index in [1.165, 1.54) is 56.7 Å². The predicted octanol–water partition coefficient (Wildman–Crippen LogP) is 5.85. The Morgan fingerprint density at radius 3 is 1.77 bits per heavy atom. The summed E-state index contributed by atoms with van der Waals surface area (Å²) in [6.07, 6.45) is 9.34. The molecule has 0 spiro atoms. The molecule has 0 heterocycles. The number of thiocyanates is 1. The van der Waals surface area contributed by atoms with Gasteiger partial charge < -0.3 is 8.85 Å². The summed E-state index contributed by atoms with van der Waals surface area (Å²) in [5.74, 6) is 0.986. The smallest absolute Gasteiger partial charge is 0.335 e. The molecule has 0 aliphatic rings. The van der Waals surface area contributed by atoms with E-state index in [2.05, 4.69) is 39.6 Å². The van der Waals surface area contributed by atoms with Gasteiger partial charge in [-0.3, -0.25) is 0 Å². The molecule has 0 saturated heterocycles. The van der Waals surface area contributed by atoms with Gasteiger partial charge in [0.1, 0.15) is 5.40 Å². The SMILES string of the molecule is CC(C)O[Si](C)(CCCCCCCCCSC#N)OC(C)C. The molecule has 0 aromatic carbocycles. The maximum atomic E-state index is 8.44. The maximum absolute atomic E-state index is 8.44. The van der Waals surface area contributed by atoms with E-state index >= 15 is 0 Å². The van der Waals surface area contributed by atoms with Crippen molar-refractivity contribution >= 4 is 20.3 Å². The summed E-state index contributed by atoms with van der Waals surface area (Å²) in [5, 5.41) is 10.6. The molecule has 0 radical (unpaired) electrons. The lowest BCUT2D eigenvalue weighted by Gasteiger charge is -2.31. The second-order valence-electron chi connectivity index (χ2n) is 6.63. The van der Waals surface area contributed by atoms with Crippen molar-refractivity contribution in [2.45, 2.75) is 97.4 Å². The second kappa shape index (κ2) is 13.4. The van der Waals surface area contributed by atoms with Crippen LogP contribution in [0.4, 0.5) is 0 Å². The van der Waals surface area contributed by atoms with Gasteiger partial charge in [0.25, 0.3) is 0 Å². The van der Waals surface area contributed by atoms with Crippen molar-refractivity contribution in [3.05, 3.63) is 0 Å². The molecule has 0 saturated carbocycles. The van der Waals surface area contributed by atoms with E-state index in [9.17, 15) is 0 Å². The van der Waals surface area contributed by atoms with E-state index in [1.54, 1.807) is 0 Å². The molecule has 0 aromatic rings. The van der Waals surface area contributed by atoms with Crippen molar-refractivity contribution in [2.24, 2.45) is 0 Å². The standard InChI is InChI=1S/C17H35NO2SSi/c1-16(2)19-22(5,20-17(3)4)14-12-10-8-6-7-9-11-13-21-15-18/h16-17H,6-14H2,1-5H3. The van der Waals surface area contributed by atoms with Gasteiger partial charge in [0.2, 0.25) is 0 Å². The summed E-state index contributed by atoms with van der Waals surface area (Å²) in [4.78, 5) is 0. The van der Waals surface area contributed by atoms with Crippen molar-refractivity contribution in [2.75, 3.05) is 5.75 Å². The third kappa shape index (κ3) is 13.6. The van der Waals surface area contributed by atoms with Crippen LogP contribution in [0, 0.1) is 10.7 Å². The van der Waals surface area contributed by atoms with Crippen LogP contribution in [0.5, 0.6) is 0 Å². The largest absolute Gasteiger partial charge is 0.392 e. The molecule has 3 nitrogen and oxygen atoms in total. The number of nitriles is 1. The molecule has 5 heteroatoms. The second-order valence-corrected chi connectivity index (χ2v) is 10.8. The van der Waals surface area contributed by atoms with Crippen LogP contribution in [0.25, 0.3) is 0 Å². The van der Waals surface area contributed by atoms with Gasteiger partial charge in [-0.2, -0.15) is 5.26 Å². The quantitative estimate of drug-likeness (QED) is 0.225. The molecule has 0 unspecified atom stereocenters. The molecule has 0 fully saturated rings. The Morgan fingerprint density at radius 2 is 1.32 bits per heavy atom. The van der Waals surface area contributed by atoms with E-state index in [0.717, 1.165) is 11.8 Å². The highest BCUT2D eigenvalue weighted by atomic mass is 32.2. The van der Waals surface area contributed by atoms with Crippen molar-refractivity contribution in [3.63, 3.8) is 0 Å². The molecule has 0 rings (SSSR count). The number of rotatable bonds is 14. The number of unbranched alkanes of at least 4 members (excludes halogenated alkanes) is 6. The number of hydrogen-bond donors (Lipinski definition) is 0. The first-order valence-electron chi connectivity index (χ1n) is 8.76. The van der Waals surface area contributed by atoms with Crippen LogP contribution in [0.2, 0.25) is 12.6 Å². The van der Waals surface area contributed by atoms with Crippen LogP contribution in [0.3, 0.4) is 0 Å². The van der Waals surface area contributed by atoms with E-state index in [1.807, 2.05) is 0 Å². The third-order valence-corrected chi connectivity index (χ3v) is 7.24. The van der Waals surface area contributed by atoms with Gasteiger partial charge in [0.05, 0.1) is 0 Å². The molecular weight excluding hydrogens is 310 g/mol. The molecule has 22 heavy (non-hydrogen) atoms. The Kier molecular flexibility index (Phi) is 13.4. The molecule has 0 aromatic heterocycles. The van der Waals surface area contributed by atoms with Crippen LogP contribution < -0.4 is 0 Å². The number of hydrogen-bond acceptors (Lipinski definition) is 4. The zero-order chi connectivity index (χ0) is 16.8. The summed E-state index contributed by atoms with van der Waals surface area (Å²) < 4.78 is 12.2. The molecule has 0 aliphatic heterocycles. The topological polar surface area (TPSA) is 42.2 Å². The average Bonchev–Trinajstić information content (AvgIpc) is 2.39. The molecule has 0 aliphatic carbocycles. The molecule has 130 valence electrons. The Bertz CT molecular complexity index is 296. The molecular formula is C17H35NO2SSi. The highest BCUT2D eigenvalue weighted by Crippen LogP contribution is 2.22. The Balaban J connectivity index is 3.70. The van der Waals surface area contributed by atoms with E-state index < -0.39 is 8.56 Å². The molecule has 0 bridgehead atoms. The minimum absolute atomic E-state index is 0.252. The first kappa shape index (κ1) is 22.0. The summed E-state index contributed by atoms with van der Waals surface area (Å²) in [5.41, 5.74) is 0. The first-order valence-corrected chi connectivity index (χ1v) is 12.3. The summed E-state index contributed by atoms with van der Waals surface area (Å²) in [6.45, 7) is 10.6. The highest BCUT2D eigenvalue weighted by molar-refractivity contribution is 8.03. The van der Waals surface area contributed by atoms with E-state index in [0.29, 0.717) is 0 Å². The van der Waals surface area contributed by atoms with Gasteiger partial charge in [-0.15, -0.1) is 0 Å². The van der Waals surface area contributed by atoms with E-state index in [-0.39, 0.29) is 12.2 Å². The Hall–Kier alpha value is -0.0231. The van der Waals surface area contributed by atoms with Crippen LogP contribution in [0.1, 0.15) is 72.6 Å². The number of nitrogens with zero attached hydrogens (tertiary/aromatic N) is 1. The zero-order valence-corrected chi connectivity index (χ0v) is 17.0. The van der Waals surface area contributed by atoms with Crippen LogP contribution in [0.15, 0.2) is 0 Å². The minimum Gasteiger partial charge on any atom is -0.392 e. The van der Waals surface area contributed by atoms with Crippen LogP contribution >= 0.6 is 11.8 Å². The van der Waals surface area contributed by atoms with Gasteiger partial charge in [-0.1, -0.05) is 38.5 Å². The highest BCUT2D eigenvalue weighted by Gasteiger charge is 2.33. The maximum Gasteiger partial charge on any atom is 0.335 e. The van der Waals surface area contributed by atoms with Crippen LogP contribution in [-0.2, 0) is 8.85 Å². The fourth-order valence-electron chi connectivity index (χ4n) is 2.69. The molecule has 0 N–H and O–H groups in total. The van der Waals surface area contributed by atoms with Crippen molar-refractivity contribution in [1.29, 1.82) is 5.26 Å². The molecule has 0 amide bonds. The lowest BCUT2D eigenvalue weighted by Crippen LogP contribution is -2.42. The average molecular weight is 346 g/mol. The summed E-state index contributed by atoms with van der Waals surface area (Å²) >= 11 is 1.37. The van der Waals surface area contributed by atoms with Gasteiger partial charge in [-0.05, 0) is 58.5 Å². The summed E-state index contributed by atoms with van der Waals surface area (Å²) in [6, 6.07) is 1.10. The fraction of sp³-hybridized carbons (Fsp3) is 0.941. The fourth-order valence-corrected chi connectivity index (χ4v) is 6.31. The van der Waals surface area contributed by atoms with Gasteiger partial charge >= 0.3 is 8.56 Å².